The van der Waals surface area contributed by atoms with E-state index in [2.05, 4.69) is 13.5 Å². The molecule has 0 N–H and O–H groups in total. The van der Waals surface area contributed by atoms with E-state index >= 15 is 0 Å². The Hall–Kier alpha value is -0.630. The average Bonchev–Trinajstić information content (AvgIpc) is 2.83. The summed E-state index contributed by atoms with van der Waals surface area (Å²) in [5.41, 5.74) is 0. The lowest BCUT2D eigenvalue weighted by Crippen LogP contribution is -2.25. The zero-order chi connectivity index (χ0) is 23.6. The SMILES string of the molecule is COP1(OC)=NP(Cl)(N=P(c2ccccc2)(c2ccccc2)c2ccccc2)=NP(Cl)(Cl)=N1. The Bertz CT molecular complexity index is 1250. The smallest absolute Gasteiger partial charge is 0.310 e. The number of rotatable bonds is 6. The summed E-state index contributed by atoms with van der Waals surface area (Å²) in [6.45, 7) is -3.37. The highest BCUT2D eigenvalue weighted by atomic mass is 35.9. The van der Waals surface area contributed by atoms with Crippen molar-refractivity contribution in [1.82, 2.24) is 0 Å². The van der Waals surface area contributed by atoms with Crippen LogP contribution in [0.25, 0.3) is 0 Å². The van der Waals surface area contributed by atoms with Gasteiger partial charge in [0.25, 0.3) is 12.6 Å². The topological polar surface area (TPSA) is 67.9 Å². The molecule has 6 nitrogen and oxygen atoms in total. The van der Waals surface area contributed by atoms with Crippen molar-refractivity contribution in [3.05, 3.63) is 91.0 Å². The van der Waals surface area contributed by atoms with Gasteiger partial charge in [-0.1, -0.05) is 91.0 Å². The number of hydrogen-bond donors (Lipinski definition) is 0. The van der Waals surface area contributed by atoms with Crippen LogP contribution in [-0.4, -0.2) is 14.2 Å². The molecule has 1 unspecified atom stereocenters. The fourth-order valence-electron chi connectivity index (χ4n) is 3.43. The van der Waals surface area contributed by atoms with Crippen molar-refractivity contribution in [2.45, 2.75) is 0 Å². The molecule has 0 aliphatic carbocycles. The third-order valence-electron chi connectivity index (χ3n) is 4.78. The number of halogens is 3. The molecule has 174 valence electrons. The number of benzene rings is 3. The van der Waals surface area contributed by atoms with Crippen molar-refractivity contribution in [3.8, 4) is 0 Å². The normalized spacial score (nSPS) is 21.2. The molecule has 4 rings (SSSR count). The first kappa shape index (κ1) is 25.5. The van der Waals surface area contributed by atoms with Crippen LogP contribution in [-0.2, 0) is 9.05 Å². The van der Waals surface area contributed by atoms with Crippen LogP contribution in [0.1, 0.15) is 0 Å². The maximum absolute atomic E-state index is 7.14. The molecule has 0 fully saturated rings. The summed E-state index contributed by atoms with van der Waals surface area (Å²) in [5, 5.41) is 3.01. The Morgan fingerprint density at radius 3 is 1.39 bits per heavy atom. The quantitative estimate of drug-likeness (QED) is 0.274. The van der Waals surface area contributed by atoms with Crippen molar-refractivity contribution in [3.63, 3.8) is 0 Å². The maximum Gasteiger partial charge on any atom is 0.345 e. The summed E-state index contributed by atoms with van der Waals surface area (Å²) >= 11 is 20.2. The van der Waals surface area contributed by atoms with E-state index in [1.807, 2.05) is 91.0 Å². The van der Waals surface area contributed by atoms with E-state index in [0.29, 0.717) is 0 Å². The molecule has 13 heteroatoms. The van der Waals surface area contributed by atoms with Gasteiger partial charge in [0.1, 0.15) is 0 Å². The predicted octanol–water partition coefficient (Wildman–Crippen LogP) is 9.03. The van der Waals surface area contributed by atoms with E-state index in [9.17, 15) is 0 Å². The Morgan fingerprint density at radius 1 is 0.636 bits per heavy atom. The Kier molecular flexibility index (Phi) is 7.84. The standard InChI is InChI=1S/C20H21Cl3N4O2P4/c1-28-33(29-2)26-31(21,22)25-32(23,27-33)24-30(18-12-6-3-7-13-18,19-14-8-4-9-15-19)20-16-10-5-11-17-20/h3-17H,1-2H3. The fraction of sp³-hybridized carbons (Fsp3) is 0.100. The minimum Gasteiger partial charge on any atom is -0.310 e. The van der Waals surface area contributed by atoms with Gasteiger partial charge in [0.05, 0.1) is 7.05 Å². The zero-order valence-electron chi connectivity index (χ0n) is 17.7. The predicted molar refractivity (Wildman–Crippen MR) is 147 cm³/mol. The van der Waals surface area contributed by atoms with E-state index in [0.717, 1.165) is 15.9 Å². The van der Waals surface area contributed by atoms with Gasteiger partial charge in [-0.15, -0.1) is 0 Å². The van der Waals surface area contributed by atoms with Gasteiger partial charge in [0, 0.05) is 30.1 Å². The molecule has 0 bridgehead atoms. The summed E-state index contributed by atoms with van der Waals surface area (Å²) in [7, 11) is -2.99. The van der Waals surface area contributed by atoms with Gasteiger partial charge in [0.2, 0.25) is 0 Å². The molecule has 1 heterocycles. The first-order valence-electron chi connectivity index (χ1n) is 9.69. The Morgan fingerprint density at radius 2 is 1.03 bits per heavy atom. The van der Waals surface area contributed by atoms with Crippen LogP contribution in [0.15, 0.2) is 109 Å². The van der Waals surface area contributed by atoms with Crippen LogP contribution < -0.4 is 15.9 Å². The molecule has 0 aromatic heterocycles. The summed E-state index contributed by atoms with van der Waals surface area (Å²) < 4.78 is 29.9. The van der Waals surface area contributed by atoms with Crippen molar-refractivity contribution >= 4 is 77.0 Å². The van der Waals surface area contributed by atoms with Crippen LogP contribution in [0, 0.1) is 0 Å². The van der Waals surface area contributed by atoms with Gasteiger partial charge in [-0.05, 0) is 33.7 Å². The number of nitrogens with zero attached hydrogens (tertiary/aromatic N) is 4. The van der Waals surface area contributed by atoms with Crippen LogP contribution >= 0.6 is 61.1 Å². The highest BCUT2D eigenvalue weighted by Crippen LogP contribution is 2.85. The van der Waals surface area contributed by atoms with Gasteiger partial charge in [-0.2, -0.15) is 13.5 Å². The minimum absolute atomic E-state index is 1.00. The van der Waals surface area contributed by atoms with Crippen LogP contribution in [0.2, 0.25) is 0 Å². The van der Waals surface area contributed by atoms with E-state index in [4.69, 9.17) is 47.3 Å². The third kappa shape index (κ3) is 5.31. The Balaban J connectivity index is 2.21. The van der Waals surface area contributed by atoms with Crippen molar-refractivity contribution in [2.75, 3.05) is 14.2 Å². The van der Waals surface area contributed by atoms with Crippen molar-refractivity contribution in [1.29, 1.82) is 0 Å². The summed E-state index contributed by atoms with van der Waals surface area (Å²) in [6, 6.07) is 30.1. The van der Waals surface area contributed by atoms with Crippen molar-refractivity contribution in [2.24, 2.45) is 18.1 Å². The molecule has 1 aliphatic rings. The lowest BCUT2D eigenvalue weighted by atomic mass is 10.4. The average molecular weight is 580 g/mol. The molecular formula is C20H21Cl3N4O2P4. The first-order valence-corrected chi connectivity index (χ1v) is 19.0. The van der Waals surface area contributed by atoms with E-state index in [1.54, 1.807) is 0 Å². The Labute approximate surface area is 208 Å². The molecule has 3 aromatic rings. The largest absolute Gasteiger partial charge is 0.345 e. The molecule has 1 atom stereocenters. The van der Waals surface area contributed by atoms with Crippen LogP contribution in [0.4, 0.5) is 0 Å². The molecular weight excluding hydrogens is 559 g/mol. The second-order valence-corrected chi connectivity index (χ2v) is 20.8. The minimum atomic E-state index is -3.37. The summed E-state index contributed by atoms with van der Waals surface area (Å²) in [6.07, 6.45) is 0. The van der Waals surface area contributed by atoms with Gasteiger partial charge >= 0.3 is 7.66 Å². The molecule has 0 spiro atoms. The van der Waals surface area contributed by atoms with E-state index in [-0.39, 0.29) is 0 Å². The lowest BCUT2D eigenvalue weighted by molar-refractivity contribution is 0.330. The molecule has 0 saturated carbocycles. The monoisotopic (exact) mass is 578 g/mol. The number of hydrogen-bond acceptors (Lipinski definition) is 6. The molecule has 0 amide bonds. The van der Waals surface area contributed by atoms with Crippen LogP contribution in [0.3, 0.4) is 0 Å². The van der Waals surface area contributed by atoms with E-state index < -0.39 is 27.3 Å². The lowest BCUT2D eigenvalue weighted by Gasteiger charge is -2.30. The molecule has 0 radical (unpaired) electrons. The summed E-state index contributed by atoms with van der Waals surface area (Å²) in [5.74, 6) is -3.23. The summed E-state index contributed by atoms with van der Waals surface area (Å²) in [4.78, 5) is 0. The van der Waals surface area contributed by atoms with Gasteiger partial charge < -0.3 is 9.05 Å². The third-order valence-corrected chi connectivity index (χ3v) is 20.5. The molecule has 3 aromatic carbocycles. The van der Waals surface area contributed by atoms with Crippen LogP contribution in [0.5, 0.6) is 0 Å². The fourth-order valence-corrected chi connectivity index (χ4v) is 22.1. The van der Waals surface area contributed by atoms with Gasteiger partial charge in [-0.3, -0.25) is 0 Å². The molecule has 0 saturated heterocycles. The van der Waals surface area contributed by atoms with Gasteiger partial charge in [-0.25, -0.2) is 4.52 Å². The maximum atomic E-state index is 7.14. The molecule has 1 aliphatic heterocycles. The highest BCUT2D eigenvalue weighted by Gasteiger charge is 2.38. The first-order chi connectivity index (χ1) is 15.8. The zero-order valence-corrected chi connectivity index (χ0v) is 23.5. The second kappa shape index (κ2) is 10.2. The second-order valence-electron chi connectivity index (χ2n) is 6.81. The molecule has 33 heavy (non-hydrogen) atoms. The highest BCUT2D eigenvalue weighted by molar-refractivity contribution is 8.15. The van der Waals surface area contributed by atoms with E-state index in [1.165, 1.54) is 14.2 Å². The van der Waals surface area contributed by atoms with Crippen molar-refractivity contribution < 1.29 is 9.05 Å². The van der Waals surface area contributed by atoms with Gasteiger partial charge in [0.15, 0.2) is 0 Å².